The van der Waals surface area contributed by atoms with Gasteiger partial charge in [0.1, 0.15) is 11.3 Å². The Balaban J connectivity index is 1.69. The Bertz CT molecular complexity index is 1170. The van der Waals surface area contributed by atoms with Crippen LogP contribution in [0.5, 0.6) is 5.75 Å². The lowest BCUT2D eigenvalue weighted by molar-refractivity contribution is 0.0986. The second-order valence-electron chi connectivity index (χ2n) is 6.88. The van der Waals surface area contributed by atoms with Crippen molar-refractivity contribution < 1.29 is 9.53 Å². The number of aromatic nitrogens is 3. The highest BCUT2D eigenvalue weighted by Gasteiger charge is 2.23. The number of halogens is 1. The molecular weight excluding hydrogens is 420 g/mol. The molecule has 2 heterocycles. The zero-order chi connectivity index (χ0) is 21.1. The Morgan fingerprint density at radius 2 is 2.17 bits per heavy atom. The normalized spacial score (nSPS) is 11.0. The van der Waals surface area contributed by atoms with E-state index in [1.165, 1.54) is 11.3 Å². The van der Waals surface area contributed by atoms with Gasteiger partial charge in [-0.3, -0.25) is 9.69 Å². The Morgan fingerprint density at radius 3 is 2.90 bits per heavy atom. The van der Waals surface area contributed by atoms with Crippen LogP contribution in [0.4, 0.5) is 5.13 Å². The molecule has 0 fully saturated rings. The van der Waals surface area contributed by atoms with E-state index in [0.717, 1.165) is 28.7 Å². The predicted molar refractivity (Wildman–Crippen MR) is 121 cm³/mol. The van der Waals surface area contributed by atoms with Crippen LogP contribution in [0, 0.1) is 6.92 Å². The van der Waals surface area contributed by atoms with Crippen molar-refractivity contribution in [1.29, 1.82) is 0 Å². The van der Waals surface area contributed by atoms with Crippen molar-refractivity contribution >= 4 is 44.2 Å². The monoisotopic (exact) mass is 440 g/mol. The minimum Gasteiger partial charge on any atom is -0.494 e. The van der Waals surface area contributed by atoms with Gasteiger partial charge in [-0.1, -0.05) is 35.1 Å². The highest BCUT2D eigenvalue weighted by atomic mass is 35.5. The minimum absolute atomic E-state index is 0.126. The maximum atomic E-state index is 13.4. The second-order valence-corrected chi connectivity index (χ2v) is 8.29. The number of benzene rings is 2. The number of carbonyl (C=O) groups excluding carboxylic acids is 1. The molecule has 0 radical (unpaired) electrons. The lowest BCUT2D eigenvalue weighted by atomic mass is 10.2. The Morgan fingerprint density at radius 1 is 1.30 bits per heavy atom. The molecule has 0 aliphatic heterocycles. The summed E-state index contributed by atoms with van der Waals surface area (Å²) in [5.41, 5.74) is 2.41. The van der Waals surface area contributed by atoms with Gasteiger partial charge in [0.05, 0.1) is 18.1 Å². The van der Waals surface area contributed by atoms with E-state index in [4.69, 9.17) is 21.3 Å². The molecule has 0 saturated carbocycles. The van der Waals surface area contributed by atoms with Crippen LogP contribution >= 0.6 is 22.9 Å². The largest absolute Gasteiger partial charge is 0.494 e. The van der Waals surface area contributed by atoms with Gasteiger partial charge in [0, 0.05) is 36.1 Å². The smallest absolute Gasteiger partial charge is 0.260 e. The van der Waals surface area contributed by atoms with Crippen molar-refractivity contribution in [3.05, 3.63) is 71.3 Å². The predicted octanol–water partition coefficient (Wildman–Crippen LogP) is 5.20. The number of nitrogens with zero attached hydrogens (tertiary/aromatic N) is 4. The molecule has 4 aromatic rings. The van der Waals surface area contributed by atoms with Crippen molar-refractivity contribution in [1.82, 2.24) is 14.5 Å². The average Bonchev–Trinajstić information content (AvgIpc) is 3.42. The third-order valence-corrected chi connectivity index (χ3v) is 6.27. The fourth-order valence-electron chi connectivity index (χ4n) is 3.27. The SMILES string of the molecule is COc1ccc(C)c2sc(N(CCCn3ccnc3)C(=O)c3cccc(Cl)c3)nc12. The summed E-state index contributed by atoms with van der Waals surface area (Å²) in [6.45, 7) is 3.31. The summed E-state index contributed by atoms with van der Waals surface area (Å²) in [6.07, 6.45) is 6.19. The molecule has 30 heavy (non-hydrogen) atoms. The van der Waals surface area contributed by atoms with E-state index >= 15 is 0 Å². The number of thiazole rings is 1. The topological polar surface area (TPSA) is 60.2 Å². The average molecular weight is 441 g/mol. The van der Waals surface area contributed by atoms with E-state index in [-0.39, 0.29) is 5.91 Å². The van der Waals surface area contributed by atoms with Crippen LogP contribution in [0.2, 0.25) is 5.02 Å². The van der Waals surface area contributed by atoms with Crippen molar-refractivity contribution in [2.24, 2.45) is 0 Å². The summed E-state index contributed by atoms with van der Waals surface area (Å²) < 4.78 is 8.49. The summed E-state index contributed by atoms with van der Waals surface area (Å²) in [5.74, 6) is 0.575. The molecule has 0 aliphatic rings. The number of hydrogen-bond acceptors (Lipinski definition) is 5. The van der Waals surface area contributed by atoms with E-state index < -0.39 is 0 Å². The molecule has 4 rings (SSSR count). The molecule has 0 N–H and O–H groups in total. The Labute approximate surface area is 183 Å². The number of fused-ring (bicyclic) bond motifs is 1. The zero-order valence-electron chi connectivity index (χ0n) is 16.7. The summed E-state index contributed by atoms with van der Waals surface area (Å²) >= 11 is 7.62. The molecule has 2 aromatic heterocycles. The number of rotatable bonds is 7. The van der Waals surface area contributed by atoms with Gasteiger partial charge in [0.15, 0.2) is 5.13 Å². The molecule has 1 amide bonds. The summed E-state index contributed by atoms with van der Waals surface area (Å²) in [4.78, 5) is 24.0. The highest BCUT2D eigenvalue weighted by Crippen LogP contribution is 2.37. The van der Waals surface area contributed by atoms with Crippen LogP contribution in [-0.4, -0.2) is 34.1 Å². The summed E-state index contributed by atoms with van der Waals surface area (Å²) in [5, 5.41) is 1.18. The number of hydrogen-bond donors (Lipinski definition) is 0. The standard InChI is InChI=1S/C22H21ClN4O2S/c1-15-7-8-18(29-2)19-20(15)30-22(25-19)27(11-4-10-26-12-9-24-14-26)21(28)16-5-3-6-17(23)13-16/h3,5-9,12-14H,4,10-11H2,1-2H3. The van der Waals surface area contributed by atoms with Gasteiger partial charge in [-0.25, -0.2) is 9.97 Å². The van der Waals surface area contributed by atoms with Gasteiger partial charge in [-0.15, -0.1) is 0 Å². The maximum absolute atomic E-state index is 13.4. The van der Waals surface area contributed by atoms with Crippen LogP contribution in [0.15, 0.2) is 55.1 Å². The van der Waals surface area contributed by atoms with Crippen LogP contribution in [-0.2, 0) is 6.54 Å². The fraction of sp³-hybridized carbons (Fsp3) is 0.227. The number of methoxy groups -OCH3 is 1. The summed E-state index contributed by atoms with van der Waals surface area (Å²) in [6, 6.07) is 10.9. The Kier molecular flexibility index (Phi) is 6.01. The Hall–Kier alpha value is -2.90. The van der Waals surface area contributed by atoms with Crippen molar-refractivity contribution in [3.8, 4) is 5.75 Å². The molecule has 8 heteroatoms. The molecule has 154 valence electrons. The number of anilines is 1. The quantitative estimate of drug-likeness (QED) is 0.396. The summed E-state index contributed by atoms with van der Waals surface area (Å²) in [7, 11) is 1.63. The minimum atomic E-state index is -0.126. The maximum Gasteiger partial charge on any atom is 0.260 e. The third kappa shape index (κ3) is 4.17. The molecule has 6 nitrogen and oxygen atoms in total. The van der Waals surface area contributed by atoms with Crippen molar-refractivity contribution in [2.75, 3.05) is 18.6 Å². The fourth-order valence-corrected chi connectivity index (χ4v) is 4.54. The van der Waals surface area contributed by atoms with Gasteiger partial charge in [0.2, 0.25) is 0 Å². The molecular formula is C22H21ClN4O2S. The highest BCUT2D eigenvalue weighted by molar-refractivity contribution is 7.22. The van der Waals surface area contributed by atoms with Gasteiger partial charge < -0.3 is 9.30 Å². The molecule has 0 atom stereocenters. The molecule has 2 aromatic carbocycles. The van der Waals surface area contributed by atoms with Gasteiger partial charge >= 0.3 is 0 Å². The number of carbonyl (C=O) groups is 1. The van der Waals surface area contributed by atoms with Crippen LogP contribution in [0.3, 0.4) is 0 Å². The molecule has 0 spiro atoms. The number of ether oxygens (including phenoxy) is 1. The van der Waals surface area contributed by atoms with Crippen molar-refractivity contribution in [3.63, 3.8) is 0 Å². The number of amides is 1. The number of aryl methyl sites for hydroxylation is 2. The third-order valence-electron chi connectivity index (χ3n) is 4.82. The zero-order valence-corrected chi connectivity index (χ0v) is 18.3. The van der Waals surface area contributed by atoms with Crippen LogP contribution < -0.4 is 9.64 Å². The van der Waals surface area contributed by atoms with Crippen LogP contribution in [0.25, 0.3) is 10.2 Å². The van der Waals surface area contributed by atoms with Gasteiger partial charge in [-0.05, 0) is 43.2 Å². The van der Waals surface area contributed by atoms with Gasteiger partial charge in [0.25, 0.3) is 5.91 Å². The number of imidazole rings is 1. The lowest BCUT2D eigenvalue weighted by Crippen LogP contribution is -2.32. The molecule has 0 bridgehead atoms. The second kappa shape index (κ2) is 8.85. The lowest BCUT2D eigenvalue weighted by Gasteiger charge is -2.20. The van der Waals surface area contributed by atoms with Crippen molar-refractivity contribution in [2.45, 2.75) is 19.9 Å². The first-order chi connectivity index (χ1) is 14.6. The van der Waals surface area contributed by atoms with Crippen LogP contribution in [0.1, 0.15) is 22.3 Å². The van der Waals surface area contributed by atoms with E-state index in [1.54, 1.807) is 48.8 Å². The van der Waals surface area contributed by atoms with E-state index in [2.05, 4.69) is 4.98 Å². The molecule has 0 saturated heterocycles. The van der Waals surface area contributed by atoms with Gasteiger partial charge in [-0.2, -0.15) is 0 Å². The van der Waals surface area contributed by atoms with E-state index in [1.807, 2.05) is 29.8 Å². The first-order valence-electron chi connectivity index (χ1n) is 9.54. The first kappa shape index (κ1) is 20.4. The van der Waals surface area contributed by atoms with E-state index in [0.29, 0.717) is 28.0 Å². The molecule has 0 aliphatic carbocycles. The molecule has 0 unspecified atom stereocenters. The first-order valence-corrected chi connectivity index (χ1v) is 10.7. The van der Waals surface area contributed by atoms with E-state index in [9.17, 15) is 4.79 Å².